The lowest BCUT2D eigenvalue weighted by Gasteiger charge is -2.27. The van der Waals surface area contributed by atoms with Crippen LogP contribution in [0.5, 0.6) is 0 Å². The second-order valence-electron chi connectivity index (χ2n) is 13.6. The third kappa shape index (κ3) is 8.20. The lowest BCUT2D eigenvalue weighted by molar-refractivity contribution is -0.146. The van der Waals surface area contributed by atoms with E-state index in [1.54, 1.807) is 40.3 Å². The molecule has 4 aromatic carbocycles. The molecule has 0 aliphatic carbocycles. The van der Waals surface area contributed by atoms with E-state index < -0.39 is 24.3 Å². The molecule has 0 saturated carbocycles. The van der Waals surface area contributed by atoms with Crippen LogP contribution in [0.15, 0.2) is 120 Å². The number of hydrogen-bond acceptors (Lipinski definition) is 8. The van der Waals surface area contributed by atoms with Gasteiger partial charge in [-0.05, 0) is 85.3 Å². The Morgan fingerprint density at radius 3 is 1.51 bits per heavy atom. The smallest absolute Gasteiger partial charge is 0.257 e. The van der Waals surface area contributed by atoms with Crippen LogP contribution in [-0.4, -0.2) is 77.8 Å². The average molecular weight is 742 g/mol. The van der Waals surface area contributed by atoms with E-state index in [-0.39, 0.29) is 23.6 Å². The molecular weight excluding hydrogens is 699 g/mol. The Hall–Kier alpha value is -6.11. The Morgan fingerprint density at radius 2 is 1.07 bits per heavy atom. The van der Waals surface area contributed by atoms with E-state index in [0.717, 1.165) is 35.1 Å². The molecule has 12 heteroatoms. The number of nitrogens with zero attached hydrogens (tertiary/aromatic N) is 3. The molecule has 0 bridgehead atoms. The first-order valence-corrected chi connectivity index (χ1v) is 18.4. The van der Waals surface area contributed by atoms with Crippen molar-refractivity contribution >= 4 is 35.0 Å². The lowest BCUT2D eigenvalue weighted by atomic mass is 10.1. The van der Waals surface area contributed by atoms with E-state index >= 15 is 0 Å². The van der Waals surface area contributed by atoms with Crippen molar-refractivity contribution in [3.05, 3.63) is 127 Å². The minimum Gasteiger partial charge on any atom is -0.436 e. The van der Waals surface area contributed by atoms with Crippen molar-refractivity contribution in [3.63, 3.8) is 0 Å². The Balaban J connectivity index is 0.944. The normalized spacial score (nSPS) is 17.8. The number of carbonyl (C=O) groups is 4. The van der Waals surface area contributed by atoms with Gasteiger partial charge in [-0.3, -0.25) is 19.2 Å². The predicted octanol–water partition coefficient (Wildman–Crippen LogP) is 6.64. The molecule has 3 heterocycles. The summed E-state index contributed by atoms with van der Waals surface area (Å²) < 4.78 is 17.2. The Labute approximate surface area is 319 Å². The van der Waals surface area contributed by atoms with Crippen molar-refractivity contribution in [3.8, 4) is 22.8 Å². The first-order valence-electron chi connectivity index (χ1n) is 18.4. The second kappa shape index (κ2) is 16.9. The van der Waals surface area contributed by atoms with E-state index in [4.69, 9.17) is 13.9 Å². The van der Waals surface area contributed by atoms with Gasteiger partial charge < -0.3 is 34.3 Å². The first-order chi connectivity index (χ1) is 26.8. The monoisotopic (exact) mass is 741 g/mol. The number of ether oxygens (including phenoxy) is 2. The van der Waals surface area contributed by atoms with Crippen LogP contribution >= 0.6 is 0 Å². The molecule has 2 N–H and O–H groups in total. The zero-order valence-electron chi connectivity index (χ0n) is 30.7. The first kappa shape index (κ1) is 37.2. The van der Waals surface area contributed by atoms with Gasteiger partial charge in [-0.15, -0.1) is 0 Å². The largest absolute Gasteiger partial charge is 0.436 e. The van der Waals surface area contributed by atoms with Crippen LogP contribution < -0.4 is 10.6 Å². The average Bonchev–Trinajstić information content (AvgIpc) is 4.02. The number of anilines is 2. The summed E-state index contributed by atoms with van der Waals surface area (Å²) in [7, 11) is 3.00. The van der Waals surface area contributed by atoms with Crippen molar-refractivity contribution in [2.75, 3.05) is 37.9 Å². The number of benzene rings is 4. The van der Waals surface area contributed by atoms with Crippen molar-refractivity contribution in [2.45, 2.75) is 50.0 Å². The van der Waals surface area contributed by atoms with Crippen LogP contribution in [0.4, 0.5) is 11.4 Å². The standard InChI is InChI=1S/C43H43N5O7/c1-53-37(29-11-5-3-6-12-29)42(51)47-25-9-15-34(47)39(49)45-32-21-17-28(18-22-32)36-27-44-41(55-36)31-19-23-33(24-20-31)46-40(50)35-16-10-26-48(35)43(52)38(54-2)30-13-7-4-8-14-30/h3-8,11-14,17-24,27,34-35,37-38H,9-10,15-16,25-26H2,1-2H3,(H,45,49)(H,46,50)/t34-,35-,37-,38-/m0/s1. The van der Waals surface area contributed by atoms with E-state index in [0.29, 0.717) is 49.0 Å². The summed E-state index contributed by atoms with van der Waals surface area (Å²) in [5.74, 6) is -0.0201. The predicted molar refractivity (Wildman–Crippen MR) is 206 cm³/mol. The molecule has 7 rings (SSSR count). The second-order valence-corrected chi connectivity index (χ2v) is 13.6. The molecule has 2 saturated heterocycles. The summed E-state index contributed by atoms with van der Waals surface area (Å²) in [6, 6.07) is 31.7. The number of hydrogen-bond donors (Lipinski definition) is 2. The molecule has 0 unspecified atom stereocenters. The van der Waals surface area contributed by atoms with Gasteiger partial charge in [-0.2, -0.15) is 0 Å². The van der Waals surface area contributed by atoms with Gasteiger partial charge in [-0.1, -0.05) is 60.7 Å². The van der Waals surface area contributed by atoms with Crippen LogP contribution in [0.2, 0.25) is 0 Å². The number of methoxy groups -OCH3 is 2. The zero-order valence-corrected chi connectivity index (χ0v) is 30.7. The molecule has 2 aliphatic rings. The molecule has 2 aliphatic heterocycles. The number of oxazole rings is 1. The number of carbonyl (C=O) groups excluding carboxylic acids is 4. The molecule has 2 fully saturated rings. The summed E-state index contributed by atoms with van der Waals surface area (Å²) >= 11 is 0. The highest BCUT2D eigenvalue weighted by Gasteiger charge is 2.39. The van der Waals surface area contributed by atoms with Gasteiger partial charge in [0, 0.05) is 49.8 Å². The highest BCUT2D eigenvalue weighted by atomic mass is 16.5. The summed E-state index contributed by atoms with van der Waals surface area (Å²) in [5, 5.41) is 5.91. The highest BCUT2D eigenvalue weighted by molar-refractivity contribution is 5.99. The van der Waals surface area contributed by atoms with E-state index in [9.17, 15) is 19.2 Å². The van der Waals surface area contributed by atoms with Gasteiger partial charge in [0.15, 0.2) is 18.0 Å². The summed E-state index contributed by atoms with van der Waals surface area (Å²) in [4.78, 5) is 61.2. The fraction of sp³-hybridized carbons (Fsp3) is 0.279. The summed E-state index contributed by atoms with van der Waals surface area (Å²) in [5.41, 5.74) is 4.16. The molecule has 4 atom stereocenters. The maximum absolute atomic E-state index is 13.4. The van der Waals surface area contributed by atoms with Crippen molar-refractivity contribution in [1.82, 2.24) is 14.8 Å². The lowest BCUT2D eigenvalue weighted by Crippen LogP contribution is -2.45. The molecule has 4 amide bonds. The number of amides is 4. The van der Waals surface area contributed by atoms with Crippen LogP contribution in [-0.2, 0) is 28.7 Å². The summed E-state index contributed by atoms with van der Waals surface area (Å²) in [6.45, 7) is 0.972. The fourth-order valence-corrected chi connectivity index (χ4v) is 7.33. The molecule has 1 aromatic heterocycles. The van der Waals surface area contributed by atoms with Crippen LogP contribution in [0, 0.1) is 0 Å². The van der Waals surface area contributed by atoms with Crippen LogP contribution in [0.3, 0.4) is 0 Å². The topological polar surface area (TPSA) is 143 Å². The third-order valence-electron chi connectivity index (χ3n) is 10.1. The maximum Gasteiger partial charge on any atom is 0.257 e. The Morgan fingerprint density at radius 1 is 0.636 bits per heavy atom. The molecular formula is C43H43N5O7. The van der Waals surface area contributed by atoms with Crippen molar-refractivity contribution in [2.24, 2.45) is 0 Å². The molecule has 0 spiro atoms. The Kier molecular flexibility index (Phi) is 11.4. The minimum atomic E-state index is -0.778. The van der Waals surface area contributed by atoms with Gasteiger partial charge in [0.05, 0.1) is 6.20 Å². The molecule has 282 valence electrons. The zero-order chi connectivity index (χ0) is 38.3. The van der Waals surface area contributed by atoms with E-state index in [1.165, 1.54) is 14.2 Å². The van der Waals surface area contributed by atoms with Gasteiger partial charge >= 0.3 is 0 Å². The van der Waals surface area contributed by atoms with Gasteiger partial charge in [0.2, 0.25) is 17.7 Å². The minimum absolute atomic E-state index is 0.230. The number of likely N-dealkylation sites (tertiary alicyclic amines) is 2. The van der Waals surface area contributed by atoms with Gasteiger partial charge in [-0.25, -0.2) is 4.98 Å². The number of aromatic nitrogens is 1. The van der Waals surface area contributed by atoms with Gasteiger partial charge in [0.25, 0.3) is 11.8 Å². The Bertz CT molecular complexity index is 1960. The molecule has 12 nitrogen and oxygen atoms in total. The maximum atomic E-state index is 13.4. The molecule has 5 aromatic rings. The van der Waals surface area contributed by atoms with Crippen LogP contribution in [0.1, 0.15) is 49.0 Å². The number of nitrogens with one attached hydrogen (secondary N) is 2. The van der Waals surface area contributed by atoms with Crippen molar-refractivity contribution in [1.29, 1.82) is 0 Å². The highest BCUT2D eigenvalue weighted by Crippen LogP contribution is 2.31. The number of rotatable bonds is 12. The SMILES string of the molecule is CO[C@H](C(=O)N1CCC[C@H]1C(=O)Nc1ccc(-c2cnc(-c3ccc(NC(=O)[C@@H]4CCCN4C(=O)[C@@H](OC)c4ccccc4)cc3)o2)cc1)c1ccccc1. The van der Waals surface area contributed by atoms with Crippen LogP contribution in [0.25, 0.3) is 22.8 Å². The molecule has 0 radical (unpaired) electrons. The summed E-state index contributed by atoms with van der Waals surface area (Å²) in [6.07, 6.45) is 2.67. The van der Waals surface area contributed by atoms with E-state index in [1.807, 2.05) is 84.9 Å². The third-order valence-corrected chi connectivity index (χ3v) is 10.1. The van der Waals surface area contributed by atoms with E-state index in [2.05, 4.69) is 15.6 Å². The quantitative estimate of drug-likeness (QED) is 0.145. The fourth-order valence-electron chi connectivity index (χ4n) is 7.33. The van der Waals surface area contributed by atoms with Crippen molar-refractivity contribution < 1.29 is 33.1 Å². The molecule has 55 heavy (non-hydrogen) atoms. The van der Waals surface area contributed by atoms with Gasteiger partial charge in [0.1, 0.15) is 12.1 Å².